The molecule has 1 aromatic heterocycles. The normalized spacial score (nSPS) is 18.3. The lowest BCUT2D eigenvalue weighted by Gasteiger charge is -2.37. The Kier molecular flexibility index (Phi) is 5.41. The van der Waals surface area contributed by atoms with Crippen molar-refractivity contribution in [3.05, 3.63) is 40.8 Å². The number of hydrogen-bond donors (Lipinski definition) is 1. The van der Waals surface area contributed by atoms with Gasteiger partial charge in [0.25, 0.3) is 0 Å². The molecule has 7 nitrogen and oxygen atoms in total. The summed E-state index contributed by atoms with van der Waals surface area (Å²) in [6.07, 6.45) is 5.29. The van der Waals surface area contributed by atoms with E-state index in [1.54, 1.807) is 13.2 Å². The van der Waals surface area contributed by atoms with Crippen LogP contribution in [0.4, 0.5) is 11.5 Å². The molecule has 4 rings (SSSR count). The molecule has 2 aliphatic rings. The molecule has 28 heavy (non-hydrogen) atoms. The Morgan fingerprint density at radius 1 is 1.00 bits per heavy atom. The molecular formula is C21H28N4O3. The maximum absolute atomic E-state index is 12.6. The fraction of sp³-hybridized carbons (Fsp3) is 0.524. The van der Waals surface area contributed by atoms with Crippen molar-refractivity contribution < 1.29 is 9.84 Å². The van der Waals surface area contributed by atoms with Crippen molar-refractivity contribution in [2.75, 3.05) is 43.1 Å². The van der Waals surface area contributed by atoms with Crippen molar-refractivity contribution in [2.45, 2.75) is 38.1 Å². The van der Waals surface area contributed by atoms with E-state index >= 15 is 0 Å². The van der Waals surface area contributed by atoms with E-state index in [4.69, 9.17) is 4.74 Å². The van der Waals surface area contributed by atoms with E-state index in [0.29, 0.717) is 5.82 Å². The summed E-state index contributed by atoms with van der Waals surface area (Å²) in [7, 11) is 1.66. The van der Waals surface area contributed by atoms with Crippen molar-refractivity contribution in [1.82, 2.24) is 9.55 Å². The highest BCUT2D eigenvalue weighted by atomic mass is 16.5. The van der Waals surface area contributed by atoms with Gasteiger partial charge in [-0.2, -0.15) is 4.98 Å². The fourth-order valence-corrected chi connectivity index (χ4v) is 4.30. The molecular weight excluding hydrogens is 356 g/mol. The van der Waals surface area contributed by atoms with Crippen LogP contribution in [-0.4, -0.2) is 47.9 Å². The van der Waals surface area contributed by atoms with Crippen LogP contribution >= 0.6 is 0 Å². The standard InChI is InChI=1S/C21H28N4O3/c1-28-18-9-7-16(8-10-18)23-11-13-24(14-12-23)19-15-20(26)25(21(27)22-19)17-5-3-2-4-6-17/h7-10,15,17,26H,2-6,11-14H2,1H3. The van der Waals surface area contributed by atoms with Crippen molar-refractivity contribution in [3.8, 4) is 11.6 Å². The smallest absolute Gasteiger partial charge is 0.352 e. The summed E-state index contributed by atoms with van der Waals surface area (Å²) in [4.78, 5) is 21.3. The second-order valence-corrected chi connectivity index (χ2v) is 7.59. The van der Waals surface area contributed by atoms with Gasteiger partial charge in [0, 0.05) is 44.0 Å². The number of aromatic nitrogens is 2. The first kappa shape index (κ1) is 18.7. The van der Waals surface area contributed by atoms with Gasteiger partial charge in [0.1, 0.15) is 11.6 Å². The summed E-state index contributed by atoms with van der Waals surface area (Å²) in [5.74, 6) is 1.46. The molecule has 1 aliphatic carbocycles. The number of hydrogen-bond acceptors (Lipinski definition) is 6. The predicted octanol–water partition coefficient (Wildman–Crippen LogP) is 2.79. The van der Waals surface area contributed by atoms with E-state index in [2.05, 4.69) is 26.9 Å². The Balaban J connectivity index is 1.44. The van der Waals surface area contributed by atoms with Gasteiger partial charge >= 0.3 is 5.69 Å². The molecule has 1 saturated heterocycles. The lowest BCUT2D eigenvalue weighted by Crippen LogP contribution is -2.47. The molecule has 0 unspecified atom stereocenters. The van der Waals surface area contributed by atoms with Crippen molar-refractivity contribution in [2.24, 2.45) is 0 Å². The molecule has 0 radical (unpaired) electrons. The number of methoxy groups -OCH3 is 1. The topological polar surface area (TPSA) is 70.8 Å². The van der Waals surface area contributed by atoms with Gasteiger partial charge in [-0.05, 0) is 37.1 Å². The number of anilines is 2. The van der Waals surface area contributed by atoms with Crippen molar-refractivity contribution in [3.63, 3.8) is 0 Å². The number of piperazine rings is 1. The average molecular weight is 384 g/mol. The highest BCUT2D eigenvalue weighted by Crippen LogP contribution is 2.30. The molecule has 150 valence electrons. The summed E-state index contributed by atoms with van der Waals surface area (Å²) < 4.78 is 6.70. The molecule has 1 saturated carbocycles. The molecule has 0 bridgehead atoms. The van der Waals surface area contributed by atoms with Crippen LogP contribution in [0.2, 0.25) is 0 Å². The van der Waals surface area contributed by atoms with Gasteiger partial charge in [0.15, 0.2) is 5.88 Å². The van der Waals surface area contributed by atoms with Crippen LogP contribution in [0.25, 0.3) is 0 Å². The van der Waals surface area contributed by atoms with Crippen LogP contribution < -0.4 is 20.2 Å². The van der Waals surface area contributed by atoms with E-state index in [9.17, 15) is 9.90 Å². The SMILES string of the molecule is COc1ccc(N2CCN(c3cc(O)n(C4CCCCC4)c(=O)n3)CC2)cc1. The molecule has 1 aromatic carbocycles. The molecule has 2 fully saturated rings. The summed E-state index contributed by atoms with van der Waals surface area (Å²) in [6.45, 7) is 3.18. The van der Waals surface area contributed by atoms with Gasteiger partial charge in [-0.3, -0.25) is 4.57 Å². The molecule has 0 atom stereocenters. The number of benzene rings is 1. The monoisotopic (exact) mass is 384 g/mol. The van der Waals surface area contributed by atoms with Crippen LogP contribution in [0.5, 0.6) is 11.6 Å². The average Bonchev–Trinajstić information content (AvgIpc) is 2.74. The molecule has 1 N–H and O–H groups in total. The summed E-state index contributed by atoms with van der Waals surface area (Å²) in [5, 5.41) is 10.5. The summed E-state index contributed by atoms with van der Waals surface area (Å²) in [6, 6.07) is 9.78. The highest BCUT2D eigenvalue weighted by Gasteiger charge is 2.23. The van der Waals surface area contributed by atoms with Crippen LogP contribution in [0.15, 0.2) is 35.1 Å². The Morgan fingerprint density at radius 3 is 2.25 bits per heavy atom. The van der Waals surface area contributed by atoms with Crippen LogP contribution in [0.3, 0.4) is 0 Å². The molecule has 2 aromatic rings. The maximum atomic E-state index is 12.6. The number of aromatic hydroxyl groups is 1. The Bertz CT molecular complexity index is 851. The maximum Gasteiger partial charge on any atom is 0.352 e. The number of ether oxygens (including phenoxy) is 1. The Labute approximate surface area is 165 Å². The van der Waals surface area contributed by atoms with Gasteiger partial charge in [-0.25, -0.2) is 4.79 Å². The number of rotatable bonds is 4. The number of nitrogens with zero attached hydrogens (tertiary/aromatic N) is 4. The van der Waals surface area contributed by atoms with Gasteiger partial charge in [0.2, 0.25) is 0 Å². The first-order chi connectivity index (χ1) is 13.7. The van der Waals surface area contributed by atoms with E-state index in [-0.39, 0.29) is 17.6 Å². The van der Waals surface area contributed by atoms with E-state index in [1.165, 1.54) is 11.0 Å². The lowest BCUT2D eigenvalue weighted by molar-refractivity contribution is 0.300. The Hall–Kier alpha value is -2.70. The molecule has 1 aliphatic heterocycles. The van der Waals surface area contributed by atoms with Gasteiger partial charge in [0.05, 0.1) is 7.11 Å². The second kappa shape index (κ2) is 8.12. The van der Waals surface area contributed by atoms with E-state index < -0.39 is 0 Å². The van der Waals surface area contributed by atoms with Gasteiger partial charge in [-0.15, -0.1) is 0 Å². The van der Waals surface area contributed by atoms with Crippen LogP contribution in [0.1, 0.15) is 38.1 Å². The molecule has 7 heteroatoms. The minimum absolute atomic E-state index is 0.0412. The zero-order valence-corrected chi connectivity index (χ0v) is 16.4. The zero-order valence-electron chi connectivity index (χ0n) is 16.4. The first-order valence-corrected chi connectivity index (χ1v) is 10.1. The molecule has 0 amide bonds. The Morgan fingerprint density at radius 2 is 1.64 bits per heavy atom. The summed E-state index contributed by atoms with van der Waals surface area (Å²) >= 11 is 0. The van der Waals surface area contributed by atoms with Crippen molar-refractivity contribution in [1.29, 1.82) is 0 Å². The fourth-order valence-electron chi connectivity index (χ4n) is 4.30. The quantitative estimate of drug-likeness (QED) is 0.874. The largest absolute Gasteiger partial charge is 0.497 e. The summed E-state index contributed by atoms with van der Waals surface area (Å²) in [5.41, 5.74) is 0.823. The van der Waals surface area contributed by atoms with Crippen LogP contribution in [-0.2, 0) is 0 Å². The molecule has 0 spiro atoms. The molecule has 2 heterocycles. The van der Waals surface area contributed by atoms with E-state index in [0.717, 1.165) is 63.3 Å². The second-order valence-electron chi connectivity index (χ2n) is 7.59. The van der Waals surface area contributed by atoms with E-state index in [1.807, 2.05) is 12.1 Å². The minimum atomic E-state index is -0.334. The van der Waals surface area contributed by atoms with Gasteiger partial charge in [-0.1, -0.05) is 19.3 Å². The third-order valence-electron chi connectivity index (χ3n) is 5.90. The zero-order chi connectivity index (χ0) is 19.5. The third-order valence-corrected chi connectivity index (χ3v) is 5.90. The minimum Gasteiger partial charge on any atom is -0.497 e. The van der Waals surface area contributed by atoms with Crippen molar-refractivity contribution >= 4 is 11.5 Å². The highest BCUT2D eigenvalue weighted by molar-refractivity contribution is 5.51. The first-order valence-electron chi connectivity index (χ1n) is 10.1. The van der Waals surface area contributed by atoms with Gasteiger partial charge < -0.3 is 19.6 Å². The third kappa shape index (κ3) is 3.79. The van der Waals surface area contributed by atoms with Crippen LogP contribution in [0, 0.1) is 0 Å². The lowest BCUT2D eigenvalue weighted by atomic mass is 9.95. The predicted molar refractivity (Wildman–Crippen MR) is 110 cm³/mol.